The van der Waals surface area contributed by atoms with E-state index >= 15 is 0 Å². The van der Waals surface area contributed by atoms with Crippen LogP contribution in [0.15, 0.2) is 42.6 Å². The summed E-state index contributed by atoms with van der Waals surface area (Å²) in [6.07, 6.45) is 1.68. The van der Waals surface area contributed by atoms with Gasteiger partial charge in [0.1, 0.15) is 17.6 Å². The van der Waals surface area contributed by atoms with E-state index in [0.717, 1.165) is 5.56 Å². The molecule has 1 aromatic heterocycles. The van der Waals surface area contributed by atoms with E-state index in [2.05, 4.69) is 15.6 Å². The number of benzene rings is 1. The van der Waals surface area contributed by atoms with Crippen LogP contribution < -0.4 is 15.4 Å². The van der Waals surface area contributed by atoms with E-state index in [-0.39, 0.29) is 17.7 Å². The van der Waals surface area contributed by atoms with Crippen molar-refractivity contribution in [1.82, 2.24) is 10.3 Å². The zero-order valence-corrected chi connectivity index (χ0v) is 15.6. The topological polar surface area (TPSA) is 80.3 Å². The zero-order chi connectivity index (χ0) is 19.1. The number of nitrogens with one attached hydrogen (secondary N) is 2. The van der Waals surface area contributed by atoms with Crippen molar-refractivity contribution in [3.8, 4) is 5.75 Å². The van der Waals surface area contributed by atoms with Crippen LogP contribution in [0.25, 0.3) is 0 Å². The Morgan fingerprint density at radius 3 is 2.35 bits per heavy atom. The van der Waals surface area contributed by atoms with Crippen molar-refractivity contribution >= 4 is 17.6 Å². The first-order chi connectivity index (χ1) is 12.4. The molecule has 0 fully saturated rings. The summed E-state index contributed by atoms with van der Waals surface area (Å²) in [6.45, 7) is 8.15. The van der Waals surface area contributed by atoms with Crippen LogP contribution in [0.1, 0.15) is 36.7 Å². The lowest BCUT2D eigenvalue weighted by molar-refractivity contribution is -0.118. The SMILES string of the molecule is CCOc1ccc(C(=O)NC(C(=O)Nc2ccc(C)cn2)C(C)C)cc1. The Labute approximate surface area is 154 Å². The zero-order valence-electron chi connectivity index (χ0n) is 15.6. The summed E-state index contributed by atoms with van der Waals surface area (Å²) in [5.74, 6) is 0.482. The van der Waals surface area contributed by atoms with E-state index in [1.165, 1.54) is 0 Å². The minimum atomic E-state index is -0.669. The fourth-order valence-electron chi connectivity index (χ4n) is 2.37. The van der Waals surface area contributed by atoms with Crippen LogP contribution in [-0.4, -0.2) is 29.4 Å². The molecule has 1 aromatic carbocycles. The second-order valence-corrected chi connectivity index (χ2v) is 6.36. The van der Waals surface area contributed by atoms with Crippen LogP contribution in [0, 0.1) is 12.8 Å². The first-order valence-corrected chi connectivity index (χ1v) is 8.68. The minimum absolute atomic E-state index is 0.0768. The second-order valence-electron chi connectivity index (χ2n) is 6.36. The number of amides is 2. The van der Waals surface area contributed by atoms with E-state index in [1.807, 2.05) is 33.8 Å². The summed E-state index contributed by atoms with van der Waals surface area (Å²) in [4.78, 5) is 29.2. The molecule has 1 heterocycles. The summed E-state index contributed by atoms with van der Waals surface area (Å²) >= 11 is 0. The smallest absolute Gasteiger partial charge is 0.251 e. The summed E-state index contributed by atoms with van der Waals surface area (Å²) in [5, 5.41) is 5.54. The molecular weight excluding hydrogens is 330 g/mol. The normalized spacial score (nSPS) is 11.7. The molecule has 0 bridgehead atoms. The lowest BCUT2D eigenvalue weighted by Gasteiger charge is -2.21. The van der Waals surface area contributed by atoms with E-state index in [1.54, 1.807) is 36.5 Å². The Morgan fingerprint density at radius 2 is 1.81 bits per heavy atom. The molecule has 0 saturated carbocycles. The molecule has 2 aromatic rings. The maximum Gasteiger partial charge on any atom is 0.251 e. The quantitative estimate of drug-likeness (QED) is 0.799. The lowest BCUT2D eigenvalue weighted by atomic mass is 10.0. The molecular formula is C20H25N3O3. The Hall–Kier alpha value is -2.89. The number of nitrogens with zero attached hydrogens (tertiary/aromatic N) is 1. The molecule has 138 valence electrons. The Balaban J connectivity index is 2.05. The number of pyridine rings is 1. The summed E-state index contributed by atoms with van der Waals surface area (Å²) in [7, 11) is 0. The van der Waals surface area contributed by atoms with Gasteiger partial charge >= 0.3 is 0 Å². The highest BCUT2D eigenvalue weighted by atomic mass is 16.5. The van der Waals surface area contributed by atoms with Crippen molar-refractivity contribution in [2.75, 3.05) is 11.9 Å². The molecule has 1 unspecified atom stereocenters. The van der Waals surface area contributed by atoms with Gasteiger partial charge in [-0.3, -0.25) is 9.59 Å². The monoisotopic (exact) mass is 355 g/mol. The fraction of sp³-hybridized carbons (Fsp3) is 0.350. The van der Waals surface area contributed by atoms with Gasteiger partial charge in [0.05, 0.1) is 6.61 Å². The van der Waals surface area contributed by atoms with Crippen LogP contribution in [0.2, 0.25) is 0 Å². The van der Waals surface area contributed by atoms with Crippen LogP contribution in [0.5, 0.6) is 5.75 Å². The number of anilines is 1. The van der Waals surface area contributed by atoms with Gasteiger partial charge in [-0.25, -0.2) is 4.98 Å². The third-order valence-corrected chi connectivity index (χ3v) is 3.83. The molecule has 0 spiro atoms. The van der Waals surface area contributed by atoms with Crippen LogP contribution in [-0.2, 0) is 4.79 Å². The Bertz CT molecular complexity index is 740. The van der Waals surface area contributed by atoms with Crippen molar-refractivity contribution in [1.29, 1.82) is 0 Å². The summed E-state index contributed by atoms with van der Waals surface area (Å²) in [6, 6.07) is 9.76. The Kier molecular flexibility index (Phi) is 6.72. The molecule has 2 rings (SSSR count). The highest BCUT2D eigenvalue weighted by molar-refractivity contribution is 6.01. The number of hydrogen-bond acceptors (Lipinski definition) is 4. The van der Waals surface area contributed by atoms with Crippen molar-refractivity contribution in [3.05, 3.63) is 53.7 Å². The van der Waals surface area contributed by atoms with E-state index < -0.39 is 6.04 Å². The average Bonchev–Trinajstić information content (AvgIpc) is 2.62. The van der Waals surface area contributed by atoms with Crippen molar-refractivity contribution in [2.45, 2.75) is 33.7 Å². The standard InChI is InChI=1S/C20H25N3O3/c1-5-26-16-9-7-15(8-10-16)19(24)23-18(13(2)3)20(25)22-17-11-6-14(4)12-21-17/h6-13,18H,5H2,1-4H3,(H,23,24)(H,21,22,25). The van der Waals surface area contributed by atoms with Crippen LogP contribution in [0.3, 0.4) is 0 Å². The van der Waals surface area contributed by atoms with Crippen molar-refractivity contribution in [3.63, 3.8) is 0 Å². The molecule has 2 amide bonds. The number of rotatable bonds is 7. The molecule has 0 radical (unpaired) electrons. The van der Waals surface area contributed by atoms with Crippen LogP contribution in [0.4, 0.5) is 5.82 Å². The molecule has 0 aliphatic rings. The highest BCUT2D eigenvalue weighted by Crippen LogP contribution is 2.13. The molecule has 26 heavy (non-hydrogen) atoms. The van der Waals surface area contributed by atoms with Crippen molar-refractivity contribution < 1.29 is 14.3 Å². The first-order valence-electron chi connectivity index (χ1n) is 8.68. The van der Waals surface area contributed by atoms with Gasteiger partial charge in [-0.2, -0.15) is 0 Å². The molecule has 6 nitrogen and oxygen atoms in total. The number of carbonyl (C=O) groups excluding carboxylic acids is 2. The van der Waals surface area contributed by atoms with Gasteiger partial charge in [0.15, 0.2) is 0 Å². The molecule has 2 N–H and O–H groups in total. The van der Waals surface area contributed by atoms with Gasteiger partial charge in [-0.15, -0.1) is 0 Å². The third-order valence-electron chi connectivity index (χ3n) is 3.83. The minimum Gasteiger partial charge on any atom is -0.494 e. The predicted molar refractivity (Wildman–Crippen MR) is 101 cm³/mol. The van der Waals surface area contributed by atoms with Gasteiger partial charge in [0.2, 0.25) is 5.91 Å². The lowest BCUT2D eigenvalue weighted by Crippen LogP contribution is -2.47. The van der Waals surface area contributed by atoms with Gasteiger partial charge in [0.25, 0.3) is 5.91 Å². The second kappa shape index (κ2) is 8.99. The molecule has 0 saturated heterocycles. The maximum atomic E-state index is 12.6. The van der Waals surface area contributed by atoms with Crippen molar-refractivity contribution in [2.24, 2.45) is 5.92 Å². The van der Waals surface area contributed by atoms with Gasteiger partial charge in [-0.1, -0.05) is 19.9 Å². The van der Waals surface area contributed by atoms with E-state index in [4.69, 9.17) is 4.74 Å². The molecule has 0 aliphatic heterocycles. The fourth-order valence-corrected chi connectivity index (χ4v) is 2.37. The molecule has 0 aliphatic carbocycles. The van der Waals surface area contributed by atoms with Gasteiger partial charge in [0, 0.05) is 11.8 Å². The van der Waals surface area contributed by atoms with E-state index in [0.29, 0.717) is 23.7 Å². The predicted octanol–water partition coefficient (Wildman–Crippen LogP) is 3.18. The first kappa shape index (κ1) is 19.4. The largest absolute Gasteiger partial charge is 0.494 e. The Morgan fingerprint density at radius 1 is 1.12 bits per heavy atom. The number of aryl methyl sites for hydroxylation is 1. The highest BCUT2D eigenvalue weighted by Gasteiger charge is 2.25. The number of carbonyl (C=O) groups is 2. The number of ether oxygens (including phenoxy) is 1. The average molecular weight is 355 g/mol. The third kappa shape index (κ3) is 5.31. The van der Waals surface area contributed by atoms with Gasteiger partial charge in [-0.05, 0) is 55.7 Å². The number of hydrogen-bond donors (Lipinski definition) is 2. The van der Waals surface area contributed by atoms with Gasteiger partial charge < -0.3 is 15.4 Å². The summed E-state index contributed by atoms with van der Waals surface area (Å²) < 4.78 is 5.37. The maximum absolute atomic E-state index is 12.6. The number of aromatic nitrogens is 1. The molecule has 6 heteroatoms. The van der Waals surface area contributed by atoms with Crippen LogP contribution >= 0.6 is 0 Å². The van der Waals surface area contributed by atoms with E-state index in [9.17, 15) is 9.59 Å². The molecule has 1 atom stereocenters. The summed E-state index contributed by atoms with van der Waals surface area (Å²) in [5.41, 5.74) is 1.48.